The monoisotopic (exact) mass is 933 g/mol. The molecule has 3 aromatic carbocycles. The number of carbonyl (C=O) groups is 2. The third-order valence-electron chi connectivity index (χ3n) is 8.64. The van der Waals surface area contributed by atoms with Gasteiger partial charge in [0.15, 0.2) is 6.29 Å². The number of rotatable bonds is 11. The predicted octanol–water partition coefficient (Wildman–Crippen LogP) is 10.7. The maximum absolute atomic E-state index is 11.2. The third-order valence-corrected chi connectivity index (χ3v) is 9.85. The van der Waals surface area contributed by atoms with E-state index in [1.165, 1.54) is 6.07 Å². The highest BCUT2D eigenvalue weighted by Crippen LogP contribution is 2.31. The Morgan fingerprint density at radius 3 is 1.75 bits per heavy atom. The fraction of sp³-hybridized carbons (Fsp3) is 0.196. The minimum atomic E-state index is -0.0552. The van der Waals surface area contributed by atoms with E-state index in [2.05, 4.69) is 58.1 Å². The summed E-state index contributed by atoms with van der Waals surface area (Å²) >= 11 is 6.59. The molecule has 0 aliphatic heterocycles. The van der Waals surface area contributed by atoms with E-state index in [0.29, 0.717) is 29.0 Å². The first kappa shape index (κ1) is 46.3. The molecule has 0 amide bonds. The van der Waals surface area contributed by atoms with Crippen molar-refractivity contribution in [3.63, 3.8) is 0 Å². The summed E-state index contributed by atoms with van der Waals surface area (Å²) in [7, 11) is 0. The van der Waals surface area contributed by atoms with E-state index in [9.17, 15) is 19.8 Å². The Bertz CT molecular complexity index is 2490. The van der Waals surface area contributed by atoms with E-state index in [1.54, 1.807) is 55.1 Å². The van der Waals surface area contributed by atoms with Crippen molar-refractivity contribution in [1.82, 2.24) is 29.5 Å². The minimum absolute atomic E-state index is 0.0552. The first-order chi connectivity index (χ1) is 29.1. The van der Waals surface area contributed by atoms with Gasteiger partial charge in [0, 0.05) is 58.7 Å². The third kappa shape index (κ3) is 12.5. The largest absolute Gasteiger partial charge is 0.507 e. The van der Waals surface area contributed by atoms with Gasteiger partial charge < -0.3 is 14.9 Å². The number of nitrogens with zero attached hydrogens (tertiary/aromatic N) is 7. The molecule has 0 atom stereocenters. The SMILES string of the molecule is CC(C)n1nccc1-c1ncccc1O.CC(C)n1nccc1-c1ncccc1OCc1cccc(O)c1C=O.N#Cc1ccccc1CBr.O=Cc1ccccc1CBr. The van der Waals surface area contributed by atoms with Gasteiger partial charge in [0.1, 0.15) is 41.5 Å². The van der Waals surface area contributed by atoms with Crippen LogP contribution in [0.25, 0.3) is 22.8 Å². The number of pyridine rings is 2. The average molecular weight is 936 g/mol. The van der Waals surface area contributed by atoms with Gasteiger partial charge in [0.2, 0.25) is 0 Å². The van der Waals surface area contributed by atoms with Crippen LogP contribution in [0.5, 0.6) is 17.2 Å². The number of hydrogen-bond acceptors (Lipinski definition) is 10. The molecule has 4 heterocycles. The minimum Gasteiger partial charge on any atom is -0.507 e. The molecule has 0 aliphatic rings. The van der Waals surface area contributed by atoms with Crippen LogP contribution in [0.3, 0.4) is 0 Å². The Morgan fingerprint density at radius 2 is 1.20 bits per heavy atom. The highest BCUT2D eigenvalue weighted by molar-refractivity contribution is 9.08. The topological polar surface area (TPSA) is 169 Å². The van der Waals surface area contributed by atoms with Crippen LogP contribution < -0.4 is 4.74 Å². The van der Waals surface area contributed by atoms with Gasteiger partial charge in [0.25, 0.3) is 0 Å². The summed E-state index contributed by atoms with van der Waals surface area (Å²) in [5, 5.41) is 38.1. The summed E-state index contributed by atoms with van der Waals surface area (Å²) in [6.45, 7) is 8.32. The maximum Gasteiger partial charge on any atom is 0.154 e. The van der Waals surface area contributed by atoms with E-state index >= 15 is 0 Å². The van der Waals surface area contributed by atoms with E-state index < -0.39 is 0 Å². The van der Waals surface area contributed by atoms with E-state index in [4.69, 9.17) is 10.00 Å². The predicted molar refractivity (Wildman–Crippen MR) is 239 cm³/mol. The lowest BCUT2D eigenvalue weighted by atomic mass is 10.1. The molecule has 0 bridgehead atoms. The number of aromatic nitrogens is 6. The Labute approximate surface area is 366 Å². The number of alkyl halides is 2. The van der Waals surface area contributed by atoms with Gasteiger partial charge in [-0.15, -0.1) is 0 Å². The number of hydrogen-bond donors (Lipinski definition) is 2. The zero-order chi connectivity index (χ0) is 43.4. The highest BCUT2D eigenvalue weighted by atomic mass is 79.9. The summed E-state index contributed by atoms with van der Waals surface area (Å²) in [6.07, 6.45) is 8.30. The lowest BCUT2D eigenvalue weighted by molar-refractivity contribution is 0.111. The van der Waals surface area contributed by atoms with Crippen molar-refractivity contribution in [2.24, 2.45) is 0 Å². The quantitative estimate of drug-likeness (QED) is 0.0940. The number of aldehydes is 2. The summed E-state index contributed by atoms with van der Waals surface area (Å²) in [5.74, 6) is 0.713. The van der Waals surface area contributed by atoms with Crippen molar-refractivity contribution in [3.05, 3.63) is 161 Å². The molecule has 0 saturated carbocycles. The molecule has 0 aliphatic carbocycles. The molecule has 0 unspecified atom stereocenters. The summed E-state index contributed by atoms with van der Waals surface area (Å²) in [6, 6.07) is 33.2. The molecular formula is C46H45Br2N7O5. The van der Waals surface area contributed by atoms with Crippen molar-refractivity contribution >= 4 is 44.4 Å². The molecule has 0 spiro atoms. The second-order valence-electron chi connectivity index (χ2n) is 13.3. The Morgan fingerprint density at radius 1 is 0.650 bits per heavy atom. The maximum atomic E-state index is 11.2. The van der Waals surface area contributed by atoms with Crippen LogP contribution >= 0.6 is 31.9 Å². The van der Waals surface area contributed by atoms with E-state index in [0.717, 1.165) is 50.6 Å². The number of nitriles is 1. The fourth-order valence-corrected chi connectivity index (χ4v) is 6.65. The van der Waals surface area contributed by atoms with Gasteiger partial charge in [-0.05, 0) is 87.4 Å². The molecule has 0 fully saturated rings. The van der Waals surface area contributed by atoms with Crippen LogP contribution in [0.1, 0.15) is 82.7 Å². The molecule has 308 valence electrons. The zero-order valence-corrected chi connectivity index (χ0v) is 36.7. The lowest BCUT2D eigenvalue weighted by Gasteiger charge is -2.14. The van der Waals surface area contributed by atoms with Gasteiger partial charge in [-0.2, -0.15) is 15.5 Å². The van der Waals surface area contributed by atoms with Crippen LogP contribution in [0.4, 0.5) is 0 Å². The van der Waals surface area contributed by atoms with Crippen LogP contribution in [0.15, 0.2) is 128 Å². The van der Waals surface area contributed by atoms with Crippen molar-refractivity contribution < 1.29 is 24.5 Å². The summed E-state index contributed by atoms with van der Waals surface area (Å²) in [5.41, 5.74) is 7.40. The second-order valence-corrected chi connectivity index (χ2v) is 14.5. The normalized spacial score (nSPS) is 10.2. The molecule has 4 aromatic heterocycles. The van der Waals surface area contributed by atoms with Crippen molar-refractivity contribution in [2.75, 3.05) is 0 Å². The molecule has 0 radical (unpaired) electrons. The molecule has 7 rings (SSSR count). The first-order valence-electron chi connectivity index (χ1n) is 18.8. The lowest BCUT2D eigenvalue weighted by Crippen LogP contribution is -2.07. The van der Waals surface area contributed by atoms with E-state index in [1.807, 2.05) is 104 Å². The van der Waals surface area contributed by atoms with Crippen LogP contribution in [-0.4, -0.2) is 52.3 Å². The summed E-state index contributed by atoms with van der Waals surface area (Å²) in [4.78, 5) is 30.1. The number of aromatic hydroxyl groups is 2. The van der Waals surface area contributed by atoms with Crippen LogP contribution in [0.2, 0.25) is 0 Å². The molecule has 0 saturated heterocycles. The van der Waals surface area contributed by atoms with Gasteiger partial charge in [0.05, 0.1) is 28.6 Å². The fourth-order valence-electron chi connectivity index (χ4n) is 5.65. The van der Waals surface area contributed by atoms with Crippen molar-refractivity contribution in [3.8, 4) is 46.1 Å². The molecule has 7 aromatic rings. The molecular weight excluding hydrogens is 890 g/mol. The number of phenols is 1. The average Bonchev–Trinajstić information content (AvgIpc) is 3.98. The van der Waals surface area contributed by atoms with Gasteiger partial charge in [-0.3, -0.25) is 28.9 Å². The Kier molecular flexibility index (Phi) is 18.4. The Hall–Kier alpha value is -6.43. The molecule has 60 heavy (non-hydrogen) atoms. The smallest absolute Gasteiger partial charge is 0.154 e. The zero-order valence-electron chi connectivity index (χ0n) is 33.6. The van der Waals surface area contributed by atoms with Gasteiger partial charge in [-0.25, -0.2) is 0 Å². The first-order valence-corrected chi connectivity index (χ1v) is 21.0. The number of carbonyl (C=O) groups excluding carboxylic acids is 2. The number of benzene rings is 3. The van der Waals surface area contributed by atoms with E-state index in [-0.39, 0.29) is 35.8 Å². The Balaban J connectivity index is 0.000000192. The van der Waals surface area contributed by atoms with Crippen LogP contribution in [0, 0.1) is 11.3 Å². The number of halogens is 2. The molecule has 2 N–H and O–H groups in total. The number of phenolic OH excluding ortho intramolecular Hbond substituents is 1. The van der Waals surface area contributed by atoms with Gasteiger partial charge >= 0.3 is 0 Å². The van der Waals surface area contributed by atoms with Crippen molar-refractivity contribution in [1.29, 1.82) is 5.26 Å². The number of ether oxygens (including phenoxy) is 1. The van der Waals surface area contributed by atoms with Crippen molar-refractivity contribution in [2.45, 2.75) is 57.0 Å². The van der Waals surface area contributed by atoms with Crippen LogP contribution in [-0.2, 0) is 17.3 Å². The molecule has 14 heteroatoms. The standard InChI is InChI=1S/C19H19N3O3.C11H13N3O.C8H6BrN.C8H7BrO/c1-13(2)22-16(8-10-21-22)19-18(7-4-9-20-19)25-12-14-5-3-6-17(24)15(14)11-23;1-8(2)14-9(5-7-13-14)11-10(15)4-3-6-12-11;2*9-5-7-3-1-2-4-8(7)6-10/h3-11,13,24H,12H2,1-2H3;3-8,15H,1-2H3;1-4H,5H2;1-4,6H,5H2. The van der Waals surface area contributed by atoms with Gasteiger partial charge in [-0.1, -0.05) is 86.5 Å². The molecule has 12 nitrogen and oxygen atoms in total. The summed E-state index contributed by atoms with van der Waals surface area (Å²) < 4.78 is 9.62. The highest BCUT2D eigenvalue weighted by Gasteiger charge is 2.16. The second kappa shape index (κ2) is 23.8.